The molecule has 0 saturated heterocycles. The van der Waals surface area contributed by atoms with Crippen LogP contribution in [0.15, 0.2) is 41.7 Å². The summed E-state index contributed by atoms with van der Waals surface area (Å²) in [6.07, 6.45) is 5.34. The van der Waals surface area contributed by atoms with Crippen molar-refractivity contribution in [2.24, 2.45) is 0 Å². The minimum atomic E-state index is -0.367. The summed E-state index contributed by atoms with van der Waals surface area (Å²) >= 11 is 3.58. The normalized spacial score (nSPS) is 12.6. The minimum absolute atomic E-state index is 0.367. The van der Waals surface area contributed by atoms with Crippen LogP contribution < -0.4 is 0 Å². The first-order chi connectivity index (χ1) is 9.71. The highest BCUT2D eigenvalue weighted by Gasteiger charge is 2.12. The minimum Gasteiger partial charge on any atom is -0.388 e. The Balaban J connectivity index is 2.44. The largest absolute Gasteiger partial charge is 0.388 e. The van der Waals surface area contributed by atoms with Gasteiger partial charge in [-0.3, -0.25) is 4.90 Å². The molecule has 1 N–H and O–H groups in total. The van der Waals surface area contributed by atoms with Gasteiger partial charge in [-0.05, 0) is 30.7 Å². The van der Waals surface area contributed by atoms with Crippen molar-refractivity contribution in [3.63, 3.8) is 0 Å². The van der Waals surface area contributed by atoms with Crippen LogP contribution in [0.3, 0.4) is 0 Å². The van der Waals surface area contributed by atoms with Crippen molar-refractivity contribution in [3.05, 3.63) is 42.3 Å². The van der Waals surface area contributed by atoms with E-state index in [4.69, 9.17) is 0 Å². The first-order valence-electron chi connectivity index (χ1n) is 7.06. The van der Waals surface area contributed by atoms with E-state index >= 15 is 0 Å². The Hall–Kier alpha value is -0.550. The maximum absolute atomic E-state index is 10.3. The van der Waals surface area contributed by atoms with E-state index in [1.165, 1.54) is 10.6 Å². The Bertz CT molecular complexity index is 393. The van der Waals surface area contributed by atoms with Crippen LogP contribution >= 0.6 is 23.1 Å². The van der Waals surface area contributed by atoms with Crippen LogP contribution in [0.25, 0.3) is 0 Å². The molecule has 0 bridgehead atoms. The Labute approximate surface area is 131 Å². The van der Waals surface area contributed by atoms with Crippen molar-refractivity contribution in [1.29, 1.82) is 0 Å². The lowest BCUT2D eigenvalue weighted by molar-refractivity contribution is 0.152. The number of hydrogen-bond donors (Lipinski definition) is 1. The molecule has 2 nitrogen and oxygen atoms in total. The van der Waals surface area contributed by atoms with Gasteiger partial charge >= 0.3 is 0 Å². The van der Waals surface area contributed by atoms with Crippen molar-refractivity contribution in [2.45, 2.75) is 30.1 Å². The summed E-state index contributed by atoms with van der Waals surface area (Å²) in [6.45, 7) is 12.2. The fourth-order valence-corrected chi connectivity index (χ4v) is 3.97. The van der Waals surface area contributed by atoms with Crippen molar-refractivity contribution in [3.8, 4) is 0 Å². The van der Waals surface area contributed by atoms with Gasteiger partial charge < -0.3 is 5.11 Å². The highest BCUT2D eigenvalue weighted by Crippen LogP contribution is 2.32. The lowest BCUT2D eigenvalue weighted by Crippen LogP contribution is -2.26. The van der Waals surface area contributed by atoms with E-state index in [2.05, 4.69) is 37.1 Å². The summed E-state index contributed by atoms with van der Waals surface area (Å²) < 4.78 is 1.30. The standard InChI is InChI=1S/C16H25NOS2/c1-4-10-17(11-5-2)12-9-14(18)15-7-8-16(20-15)19-13-6-3/h4-5,7-8,14,18H,1-2,6,9-13H2,3H3. The highest BCUT2D eigenvalue weighted by atomic mass is 32.2. The molecule has 0 aliphatic rings. The molecular formula is C16H25NOS2. The van der Waals surface area contributed by atoms with Crippen molar-refractivity contribution >= 4 is 23.1 Å². The predicted molar refractivity (Wildman–Crippen MR) is 91.7 cm³/mol. The molecule has 0 fully saturated rings. The fourth-order valence-electron chi connectivity index (χ4n) is 1.86. The molecule has 4 heteroatoms. The molecule has 0 aromatic carbocycles. The topological polar surface area (TPSA) is 23.5 Å². The summed E-state index contributed by atoms with van der Waals surface area (Å²) in [5.74, 6) is 1.14. The molecule has 0 aliphatic carbocycles. The number of aliphatic hydroxyl groups is 1. The van der Waals surface area contributed by atoms with Gasteiger partial charge in [0.1, 0.15) is 0 Å². The molecule has 0 amide bonds. The van der Waals surface area contributed by atoms with Crippen molar-refractivity contribution in [1.82, 2.24) is 4.90 Å². The molecule has 1 unspecified atom stereocenters. The van der Waals surface area contributed by atoms with Gasteiger partial charge in [-0.15, -0.1) is 36.3 Å². The van der Waals surface area contributed by atoms with Gasteiger partial charge in [0.25, 0.3) is 0 Å². The monoisotopic (exact) mass is 311 g/mol. The van der Waals surface area contributed by atoms with E-state index in [-0.39, 0.29) is 6.10 Å². The molecule has 1 heterocycles. The predicted octanol–water partition coefficient (Wildman–Crippen LogP) is 4.35. The van der Waals surface area contributed by atoms with E-state index in [1.807, 2.05) is 23.9 Å². The van der Waals surface area contributed by atoms with Gasteiger partial charge in [0.05, 0.1) is 10.3 Å². The molecule has 20 heavy (non-hydrogen) atoms. The summed E-state index contributed by atoms with van der Waals surface area (Å²) in [5.41, 5.74) is 0. The van der Waals surface area contributed by atoms with E-state index in [9.17, 15) is 5.11 Å². The Kier molecular flexibility index (Phi) is 8.94. The van der Waals surface area contributed by atoms with E-state index in [1.54, 1.807) is 11.3 Å². The quantitative estimate of drug-likeness (QED) is 0.485. The zero-order valence-corrected chi connectivity index (χ0v) is 13.9. The number of hydrogen-bond acceptors (Lipinski definition) is 4. The van der Waals surface area contributed by atoms with Crippen LogP contribution in [0.5, 0.6) is 0 Å². The number of rotatable bonds is 11. The Morgan fingerprint density at radius 3 is 2.65 bits per heavy atom. The smallest absolute Gasteiger partial charge is 0.0894 e. The maximum Gasteiger partial charge on any atom is 0.0894 e. The molecular weight excluding hydrogens is 286 g/mol. The number of nitrogens with zero attached hydrogens (tertiary/aromatic N) is 1. The second-order valence-corrected chi connectivity index (χ2v) is 7.16. The molecule has 1 aromatic heterocycles. The number of thioether (sulfide) groups is 1. The van der Waals surface area contributed by atoms with Crippen LogP contribution in [-0.4, -0.2) is 35.4 Å². The lowest BCUT2D eigenvalue weighted by Gasteiger charge is -2.20. The average molecular weight is 312 g/mol. The third kappa shape index (κ3) is 6.27. The van der Waals surface area contributed by atoms with Crippen LogP contribution in [0.4, 0.5) is 0 Å². The molecule has 0 radical (unpaired) electrons. The van der Waals surface area contributed by atoms with Gasteiger partial charge in [-0.25, -0.2) is 0 Å². The second kappa shape index (κ2) is 10.2. The first-order valence-corrected chi connectivity index (χ1v) is 8.86. The highest BCUT2D eigenvalue weighted by molar-refractivity contribution is 8.01. The molecule has 0 aliphatic heterocycles. The summed E-state index contributed by atoms with van der Waals surface area (Å²) in [6, 6.07) is 4.17. The van der Waals surface area contributed by atoms with Crippen LogP contribution in [0, 0.1) is 0 Å². The van der Waals surface area contributed by atoms with Gasteiger partial charge in [-0.1, -0.05) is 19.1 Å². The molecule has 1 atom stereocenters. The van der Waals surface area contributed by atoms with Gasteiger partial charge in [0.2, 0.25) is 0 Å². The van der Waals surface area contributed by atoms with Crippen molar-refractivity contribution in [2.75, 3.05) is 25.4 Å². The third-order valence-corrected chi connectivity index (χ3v) is 5.49. The van der Waals surface area contributed by atoms with Crippen LogP contribution in [0.2, 0.25) is 0 Å². The first kappa shape index (κ1) is 17.5. The fraction of sp³-hybridized carbons (Fsp3) is 0.500. The third-order valence-electron chi connectivity index (χ3n) is 2.87. The average Bonchev–Trinajstić information content (AvgIpc) is 2.91. The summed E-state index contributed by atoms with van der Waals surface area (Å²) in [5, 5.41) is 10.3. The SMILES string of the molecule is C=CCN(CC=C)CCC(O)c1ccc(SCCC)s1. The van der Waals surface area contributed by atoms with E-state index < -0.39 is 0 Å². The molecule has 0 spiro atoms. The second-order valence-electron chi connectivity index (χ2n) is 4.65. The zero-order chi connectivity index (χ0) is 14.8. The van der Waals surface area contributed by atoms with E-state index in [0.717, 1.165) is 36.7 Å². The molecule has 112 valence electrons. The maximum atomic E-state index is 10.3. The van der Waals surface area contributed by atoms with Gasteiger partial charge in [-0.2, -0.15) is 0 Å². The van der Waals surface area contributed by atoms with Gasteiger partial charge in [0.15, 0.2) is 0 Å². The Morgan fingerprint density at radius 1 is 1.35 bits per heavy atom. The van der Waals surface area contributed by atoms with Crippen LogP contribution in [-0.2, 0) is 0 Å². The zero-order valence-electron chi connectivity index (χ0n) is 12.3. The van der Waals surface area contributed by atoms with E-state index in [0.29, 0.717) is 0 Å². The molecule has 1 aromatic rings. The lowest BCUT2D eigenvalue weighted by atomic mass is 10.2. The summed E-state index contributed by atoms with van der Waals surface area (Å²) in [4.78, 5) is 3.30. The molecule has 0 saturated carbocycles. The summed E-state index contributed by atoms with van der Waals surface area (Å²) in [7, 11) is 0. The van der Waals surface area contributed by atoms with Gasteiger partial charge in [0, 0.05) is 24.5 Å². The number of aliphatic hydroxyl groups excluding tert-OH is 1. The Morgan fingerprint density at radius 2 is 2.05 bits per heavy atom. The molecule has 1 rings (SSSR count). The van der Waals surface area contributed by atoms with Crippen LogP contribution in [0.1, 0.15) is 30.7 Å². The van der Waals surface area contributed by atoms with Crippen molar-refractivity contribution < 1.29 is 5.11 Å². The number of thiophene rings is 1.